The summed E-state index contributed by atoms with van der Waals surface area (Å²) in [5.74, 6) is -2.75. The molecule has 278 valence electrons. The van der Waals surface area contributed by atoms with Crippen LogP contribution in [0.2, 0.25) is 5.02 Å². The second-order valence-electron chi connectivity index (χ2n) is 11.4. The van der Waals surface area contributed by atoms with E-state index in [0.717, 1.165) is 5.56 Å². The van der Waals surface area contributed by atoms with Crippen molar-refractivity contribution in [3.05, 3.63) is 119 Å². The molecule has 0 aliphatic heterocycles. The number of carboxylic acid groups (broad SMARTS) is 1. The predicted molar refractivity (Wildman–Crippen MR) is 185 cm³/mol. The van der Waals surface area contributed by atoms with Gasteiger partial charge in [-0.15, -0.1) is 0 Å². The lowest BCUT2D eigenvalue weighted by molar-refractivity contribution is -0.407. The zero-order chi connectivity index (χ0) is 38.7. The SMILES string of the molecule is CCOC(=O)[C@@H]([NH3+])Cc1ccc(-c2cc(O[C@H](c3ccc(Cl)cc3-n3ccc(C)n3)C(F)(F)F)nc(N)n2)cc1.O=C([O-])CNC(=O)c1ccccc1. The molecule has 5 aromatic rings. The number of carbonyl (C=O) groups is 3. The molecular formula is C36H35ClF3N7O6. The number of ether oxygens (including phenoxy) is 2. The van der Waals surface area contributed by atoms with Gasteiger partial charge in [-0.2, -0.15) is 23.3 Å². The molecule has 5 rings (SSSR count). The highest BCUT2D eigenvalue weighted by Crippen LogP contribution is 2.40. The van der Waals surface area contributed by atoms with Crippen LogP contribution in [0.25, 0.3) is 16.9 Å². The summed E-state index contributed by atoms with van der Waals surface area (Å²) < 4.78 is 54.8. The molecule has 0 fully saturated rings. The molecule has 1 amide bonds. The first-order valence-corrected chi connectivity index (χ1v) is 16.3. The van der Waals surface area contributed by atoms with Crippen LogP contribution in [0.1, 0.15) is 40.2 Å². The zero-order valence-corrected chi connectivity index (χ0v) is 29.2. The summed E-state index contributed by atoms with van der Waals surface area (Å²) >= 11 is 6.10. The molecule has 0 radical (unpaired) electrons. The molecule has 2 heterocycles. The first-order chi connectivity index (χ1) is 25.1. The van der Waals surface area contributed by atoms with E-state index < -0.39 is 42.7 Å². The summed E-state index contributed by atoms with van der Waals surface area (Å²) in [6.07, 6.45) is -5.35. The normalized spacial score (nSPS) is 12.1. The maximum atomic E-state index is 14.4. The fourth-order valence-corrected chi connectivity index (χ4v) is 5.01. The number of nitrogens with two attached hydrogens (primary N) is 1. The summed E-state index contributed by atoms with van der Waals surface area (Å²) in [6, 6.07) is 21.6. The molecular weight excluding hydrogens is 719 g/mol. The number of esters is 1. The Bertz CT molecular complexity index is 2030. The van der Waals surface area contributed by atoms with Crippen LogP contribution in [0.5, 0.6) is 5.88 Å². The highest BCUT2D eigenvalue weighted by atomic mass is 35.5. The number of hydrogen-bond acceptors (Lipinski definition) is 10. The van der Waals surface area contributed by atoms with Gasteiger partial charge in [-0.25, -0.2) is 14.5 Å². The number of hydrogen-bond donors (Lipinski definition) is 3. The first-order valence-electron chi connectivity index (χ1n) is 16.0. The van der Waals surface area contributed by atoms with Crippen molar-refractivity contribution in [3.63, 3.8) is 0 Å². The van der Waals surface area contributed by atoms with Crippen LogP contribution in [-0.2, 0) is 20.7 Å². The minimum Gasteiger partial charge on any atom is -0.548 e. The third kappa shape index (κ3) is 11.5. The molecule has 53 heavy (non-hydrogen) atoms. The van der Waals surface area contributed by atoms with Crippen LogP contribution in [0, 0.1) is 6.92 Å². The van der Waals surface area contributed by atoms with Gasteiger partial charge in [-0.05, 0) is 49.7 Å². The van der Waals surface area contributed by atoms with Gasteiger partial charge >= 0.3 is 12.1 Å². The van der Waals surface area contributed by atoms with Gasteiger partial charge in [0.1, 0.15) is 0 Å². The number of benzene rings is 3. The molecule has 2 aromatic heterocycles. The highest BCUT2D eigenvalue weighted by Gasteiger charge is 2.45. The average Bonchev–Trinajstić information content (AvgIpc) is 3.56. The molecule has 0 saturated heterocycles. The molecule has 0 spiro atoms. The van der Waals surface area contributed by atoms with Crippen LogP contribution in [0.4, 0.5) is 19.1 Å². The van der Waals surface area contributed by atoms with Gasteiger partial charge in [0.15, 0.2) is 6.04 Å². The summed E-state index contributed by atoms with van der Waals surface area (Å²) in [5, 5.41) is 16.7. The van der Waals surface area contributed by atoms with Crippen molar-refractivity contribution < 1.29 is 47.9 Å². The Balaban J connectivity index is 0.000000407. The fraction of sp³-hybridized carbons (Fsp3) is 0.222. The number of carboxylic acids is 1. The minimum absolute atomic E-state index is 0.104. The van der Waals surface area contributed by atoms with E-state index >= 15 is 0 Å². The number of amides is 1. The zero-order valence-electron chi connectivity index (χ0n) is 28.5. The summed E-state index contributed by atoms with van der Waals surface area (Å²) in [4.78, 5) is 41.1. The van der Waals surface area contributed by atoms with Crippen molar-refractivity contribution in [2.75, 3.05) is 18.9 Å². The monoisotopic (exact) mass is 753 g/mol. The van der Waals surface area contributed by atoms with E-state index in [9.17, 15) is 32.7 Å². The largest absolute Gasteiger partial charge is 0.548 e. The maximum absolute atomic E-state index is 14.4. The van der Waals surface area contributed by atoms with Crippen LogP contribution in [-0.4, -0.2) is 63.0 Å². The summed E-state index contributed by atoms with van der Waals surface area (Å²) in [5.41, 5.74) is 12.2. The molecule has 0 unspecified atom stereocenters. The van der Waals surface area contributed by atoms with Crippen molar-refractivity contribution in [2.24, 2.45) is 0 Å². The third-order valence-electron chi connectivity index (χ3n) is 7.28. The molecule has 0 aliphatic rings. The number of aryl methyl sites for hydroxylation is 1. The van der Waals surface area contributed by atoms with Gasteiger partial charge in [-0.3, -0.25) is 4.79 Å². The van der Waals surface area contributed by atoms with Crippen molar-refractivity contribution in [1.29, 1.82) is 0 Å². The summed E-state index contributed by atoms with van der Waals surface area (Å²) in [6.45, 7) is 3.24. The van der Waals surface area contributed by atoms with Gasteiger partial charge in [0.2, 0.25) is 17.9 Å². The Labute approximate surface area is 306 Å². The lowest BCUT2D eigenvalue weighted by Gasteiger charge is -2.24. The molecule has 3 aromatic carbocycles. The van der Waals surface area contributed by atoms with Crippen molar-refractivity contribution in [2.45, 2.75) is 38.6 Å². The van der Waals surface area contributed by atoms with E-state index in [1.807, 2.05) is 0 Å². The van der Waals surface area contributed by atoms with E-state index in [4.69, 9.17) is 26.8 Å². The van der Waals surface area contributed by atoms with Gasteiger partial charge < -0.3 is 36.2 Å². The molecule has 13 nitrogen and oxygen atoms in total. The number of carbonyl (C=O) groups excluding carboxylic acids is 3. The number of quaternary nitrogens is 1. The Morgan fingerprint density at radius 3 is 2.32 bits per heavy atom. The number of rotatable bonds is 12. The maximum Gasteiger partial charge on any atom is 0.429 e. The van der Waals surface area contributed by atoms with Crippen LogP contribution < -0.4 is 26.6 Å². The van der Waals surface area contributed by atoms with Crippen molar-refractivity contribution in [3.8, 4) is 22.8 Å². The van der Waals surface area contributed by atoms with Crippen LogP contribution in [0.15, 0.2) is 91.1 Å². The van der Waals surface area contributed by atoms with E-state index in [-0.39, 0.29) is 40.4 Å². The van der Waals surface area contributed by atoms with Gasteiger partial charge in [0, 0.05) is 40.4 Å². The quantitative estimate of drug-likeness (QED) is 0.159. The molecule has 17 heteroatoms. The predicted octanol–water partition coefficient (Wildman–Crippen LogP) is 3.44. The highest BCUT2D eigenvalue weighted by molar-refractivity contribution is 6.30. The Kier molecular flexibility index (Phi) is 13.5. The lowest BCUT2D eigenvalue weighted by Crippen LogP contribution is -2.66. The standard InChI is InChI=1S/C27H26ClF3N6O3.C9H9NO3/c1-3-39-25(38)20(32)12-16-4-6-17(7-5-16)21-14-23(35-26(33)34-21)40-24(27(29,30)31)19-9-8-18(28)13-22(19)37-11-10-15(2)36-37;11-8(12)6-10-9(13)7-4-2-1-3-5-7/h4-11,13-14,20,24H,3,12,32H2,1-2H3,(H2,33,34,35);1-5H,6H2,(H,10,13)(H,11,12)/t20-,24+;/m0./s1. The van der Waals surface area contributed by atoms with Crippen molar-refractivity contribution >= 4 is 35.4 Å². The minimum atomic E-state index is -4.82. The van der Waals surface area contributed by atoms with Gasteiger partial charge in [0.25, 0.3) is 5.91 Å². The van der Waals surface area contributed by atoms with E-state index in [0.29, 0.717) is 23.2 Å². The first kappa shape index (κ1) is 39.8. The van der Waals surface area contributed by atoms with Crippen LogP contribution >= 0.6 is 11.6 Å². The second-order valence-corrected chi connectivity index (χ2v) is 11.8. The second kappa shape index (κ2) is 18.0. The Hall–Kier alpha value is -6.00. The summed E-state index contributed by atoms with van der Waals surface area (Å²) in [7, 11) is 0. The number of aliphatic carboxylic acids is 1. The number of anilines is 1. The van der Waals surface area contributed by atoms with E-state index in [1.165, 1.54) is 35.1 Å². The van der Waals surface area contributed by atoms with E-state index in [2.05, 4.69) is 26.1 Å². The topological polar surface area (TPSA) is 202 Å². The number of aromatic nitrogens is 4. The number of nitrogen functional groups attached to an aromatic ring is 1. The Morgan fingerprint density at radius 1 is 1.02 bits per heavy atom. The van der Waals surface area contributed by atoms with Gasteiger partial charge in [0.05, 0.1) is 36.2 Å². The number of nitrogens with one attached hydrogen (secondary N) is 1. The number of halogens is 4. The average molecular weight is 754 g/mol. The number of nitrogens with zero attached hydrogens (tertiary/aromatic N) is 4. The number of alkyl halides is 3. The molecule has 0 aliphatic carbocycles. The fourth-order valence-electron chi connectivity index (χ4n) is 4.85. The van der Waals surface area contributed by atoms with Gasteiger partial charge in [-0.1, -0.05) is 60.1 Å². The third-order valence-corrected chi connectivity index (χ3v) is 7.52. The van der Waals surface area contributed by atoms with Crippen LogP contribution in [0.3, 0.4) is 0 Å². The smallest absolute Gasteiger partial charge is 0.429 e. The Morgan fingerprint density at radius 2 is 1.72 bits per heavy atom. The molecule has 2 atom stereocenters. The molecule has 6 N–H and O–H groups in total. The molecule has 0 saturated carbocycles. The lowest BCUT2D eigenvalue weighted by atomic mass is 10.0. The van der Waals surface area contributed by atoms with E-state index in [1.54, 1.807) is 74.5 Å². The molecule has 0 bridgehead atoms. The van der Waals surface area contributed by atoms with Crippen molar-refractivity contribution in [1.82, 2.24) is 25.1 Å².